The molecule has 16 heavy (non-hydrogen) atoms. The molecule has 3 heterocycles. The topological polar surface area (TPSA) is 26.3 Å². The van der Waals surface area contributed by atoms with Crippen molar-refractivity contribution < 1.29 is 9.53 Å². The highest BCUT2D eigenvalue weighted by Gasteiger charge is 2.17. The highest BCUT2D eigenvalue weighted by Crippen LogP contribution is 2.32. The van der Waals surface area contributed by atoms with Gasteiger partial charge in [-0.3, -0.25) is 4.79 Å². The van der Waals surface area contributed by atoms with E-state index in [9.17, 15) is 4.79 Å². The number of Topliss-reactive ketones (excluding diaryl/α,β-unsaturated/α-hetero) is 1. The summed E-state index contributed by atoms with van der Waals surface area (Å²) in [6, 6.07) is 4.05. The number of hydrogen-bond donors (Lipinski definition) is 0. The van der Waals surface area contributed by atoms with Crippen LogP contribution in [0.4, 0.5) is 0 Å². The molecule has 2 aromatic heterocycles. The third-order valence-corrected chi connectivity index (χ3v) is 4.68. The maximum Gasteiger partial charge on any atom is 0.202 e. The summed E-state index contributed by atoms with van der Waals surface area (Å²) in [7, 11) is 0. The Kier molecular flexibility index (Phi) is 2.53. The Morgan fingerprint density at radius 1 is 1.38 bits per heavy atom. The summed E-state index contributed by atoms with van der Waals surface area (Å²) < 4.78 is 7.60. The molecule has 0 amide bonds. The summed E-state index contributed by atoms with van der Waals surface area (Å²) in [6.45, 7) is 0.732. The molecule has 0 spiro atoms. The van der Waals surface area contributed by atoms with Crippen LogP contribution in [0.25, 0.3) is 9.40 Å². The fourth-order valence-corrected chi connectivity index (χ4v) is 3.85. The first-order valence-corrected chi connectivity index (χ1v) is 6.86. The molecule has 0 radical (unpaired) electrons. The average Bonchev–Trinajstić information content (AvgIpc) is 2.89. The molecule has 0 atom stereocenters. The van der Waals surface area contributed by atoms with Gasteiger partial charge in [0.25, 0.3) is 0 Å². The number of carbonyl (C=O) groups excluding carboxylic acids is 1. The van der Waals surface area contributed by atoms with Gasteiger partial charge in [0.2, 0.25) is 5.78 Å². The third kappa shape index (κ3) is 1.68. The number of thiophene rings is 2. The number of rotatable bonds is 2. The molecule has 2 aromatic rings. The molecule has 0 unspecified atom stereocenters. The Morgan fingerprint density at radius 2 is 2.31 bits per heavy atom. The molecule has 0 saturated carbocycles. The quantitative estimate of drug-likeness (QED) is 0.757. The second-order valence-electron chi connectivity index (χ2n) is 3.71. The lowest BCUT2D eigenvalue weighted by molar-refractivity contribution is 0.101. The van der Waals surface area contributed by atoms with Crippen LogP contribution in [0, 0.1) is 0 Å². The Balaban J connectivity index is 1.94. The fraction of sp³-hybridized carbons (Fsp3) is 0.250. The fourth-order valence-electron chi connectivity index (χ4n) is 1.77. The van der Waals surface area contributed by atoms with Crippen LogP contribution in [0.2, 0.25) is 0 Å². The van der Waals surface area contributed by atoms with Gasteiger partial charge < -0.3 is 4.74 Å². The first kappa shape index (κ1) is 10.1. The van der Waals surface area contributed by atoms with Crippen molar-refractivity contribution in [3.63, 3.8) is 0 Å². The lowest BCUT2D eigenvalue weighted by Crippen LogP contribution is -2.07. The normalized spacial score (nSPS) is 15.9. The molecule has 0 bridgehead atoms. The van der Waals surface area contributed by atoms with Gasteiger partial charge in [-0.05, 0) is 30.4 Å². The standard InChI is InChI=1S/C12H10O2S2/c13-12(8-2-1-4-14-7-8)11-6-10-9(16-11)3-5-15-10/h3,5-7H,1-2,4H2. The summed E-state index contributed by atoms with van der Waals surface area (Å²) in [5.41, 5.74) is 0.806. The Morgan fingerprint density at radius 3 is 3.06 bits per heavy atom. The Bertz CT molecular complexity index is 534. The molecule has 3 rings (SSSR count). The van der Waals surface area contributed by atoms with E-state index in [-0.39, 0.29) is 5.78 Å². The van der Waals surface area contributed by atoms with Crippen LogP contribution in [-0.2, 0) is 4.74 Å². The molecule has 1 aliphatic rings. The molecule has 0 aliphatic carbocycles. The van der Waals surface area contributed by atoms with Crippen LogP contribution < -0.4 is 0 Å². The van der Waals surface area contributed by atoms with E-state index < -0.39 is 0 Å². The van der Waals surface area contributed by atoms with Crippen molar-refractivity contribution in [2.45, 2.75) is 12.8 Å². The number of carbonyl (C=O) groups is 1. The van der Waals surface area contributed by atoms with E-state index in [2.05, 4.69) is 11.4 Å². The van der Waals surface area contributed by atoms with Gasteiger partial charge in [0, 0.05) is 15.0 Å². The smallest absolute Gasteiger partial charge is 0.202 e. The van der Waals surface area contributed by atoms with E-state index in [0.29, 0.717) is 0 Å². The molecular weight excluding hydrogens is 240 g/mol. The molecule has 1 aliphatic heterocycles. The van der Waals surface area contributed by atoms with Crippen LogP contribution in [0.15, 0.2) is 29.3 Å². The van der Waals surface area contributed by atoms with Gasteiger partial charge in [0.05, 0.1) is 17.7 Å². The number of ketones is 1. The number of allylic oxidation sites excluding steroid dienone is 1. The zero-order valence-corrected chi connectivity index (χ0v) is 10.2. The lowest BCUT2D eigenvalue weighted by atomic mass is 10.1. The predicted molar refractivity (Wildman–Crippen MR) is 67.3 cm³/mol. The second-order valence-corrected chi connectivity index (χ2v) is 5.74. The molecule has 2 nitrogen and oxygen atoms in total. The molecule has 0 aromatic carbocycles. The van der Waals surface area contributed by atoms with E-state index >= 15 is 0 Å². The molecular formula is C12H10O2S2. The monoisotopic (exact) mass is 250 g/mol. The molecule has 82 valence electrons. The zero-order valence-electron chi connectivity index (χ0n) is 8.56. The second kappa shape index (κ2) is 4.03. The van der Waals surface area contributed by atoms with Crippen molar-refractivity contribution in [3.05, 3.63) is 34.2 Å². The molecule has 0 saturated heterocycles. The summed E-state index contributed by atoms with van der Waals surface area (Å²) in [4.78, 5) is 13.0. The summed E-state index contributed by atoms with van der Waals surface area (Å²) in [6.07, 6.45) is 3.40. The van der Waals surface area contributed by atoms with Crippen molar-refractivity contribution in [2.75, 3.05) is 6.61 Å². The van der Waals surface area contributed by atoms with Crippen molar-refractivity contribution in [1.82, 2.24) is 0 Å². The van der Waals surface area contributed by atoms with E-state index in [0.717, 1.165) is 29.9 Å². The average molecular weight is 250 g/mol. The number of ether oxygens (including phenoxy) is 1. The van der Waals surface area contributed by atoms with E-state index in [1.165, 1.54) is 9.40 Å². The molecule has 4 heteroatoms. The third-order valence-electron chi connectivity index (χ3n) is 2.59. The predicted octanol–water partition coefficient (Wildman–Crippen LogP) is 3.84. The highest BCUT2D eigenvalue weighted by atomic mass is 32.1. The van der Waals surface area contributed by atoms with Gasteiger partial charge in [-0.2, -0.15) is 0 Å². The van der Waals surface area contributed by atoms with Crippen LogP contribution in [0.5, 0.6) is 0 Å². The lowest BCUT2D eigenvalue weighted by Gasteiger charge is -2.11. The molecule has 0 fully saturated rings. The van der Waals surface area contributed by atoms with Gasteiger partial charge in [0.1, 0.15) is 0 Å². The van der Waals surface area contributed by atoms with Crippen molar-refractivity contribution in [1.29, 1.82) is 0 Å². The first-order valence-electron chi connectivity index (χ1n) is 5.17. The zero-order chi connectivity index (χ0) is 11.0. The van der Waals surface area contributed by atoms with E-state index in [1.807, 2.05) is 6.07 Å². The van der Waals surface area contributed by atoms with Gasteiger partial charge in [-0.25, -0.2) is 0 Å². The number of hydrogen-bond acceptors (Lipinski definition) is 4. The largest absolute Gasteiger partial charge is 0.501 e. The minimum atomic E-state index is 0.133. The van der Waals surface area contributed by atoms with Gasteiger partial charge >= 0.3 is 0 Å². The van der Waals surface area contributed by atoms with Crippen LogP contribution in [0.3, 0.4) is 0 Å². The maximum absolute atomic E-state index is 12.1. The number of fused-ring (bicyclic) bond motifs is 1. The van der Waals surface area contributed by atoms with Crippen molar-refractivity contribution in [3.8, 4) is 0 Å². The Labute approximate surface area is 101 Å². The van der Waals surface area contributed by atoms with E-state index in [1.54, 1.807) is 28.9 Å². The van der Waals surface area contributed by atoms with Gasteiger partial charge in [-0.1, -0.05) is 0 Å². The summed E-state index contributed by atoms with van der Waals surface area (Å²) >= 11 is 3.25. The van der Waals surface area contributed by atoms with E-state index in [4.69, 9.17) is 4.74 Å². The SMILES string of the molecule is O=C(C1=COCCC1)c1cc2sccc2s1. The van der Waals surface area contributed by atoms with Crippen molar-refractivity contribution in [2.24, 2.45) is 0 Å². The summed E-state index contributed by atoms with van der Waals surface area (Å²) in [5, 5.41) is 2.05. The highest BCUT2D eigenvalue weighted by molar-refractivity contribution is 7.28. The van der Waals surface area contributed by atoms with Crippen molar-refractivity contribution >= 4 is 37.9 Å². The van der Waals surface area contributed by atoms with Gasteiger partial charge in [0.15, 0.2) is 0 Å². The minimum Gasteiger partial charge on any atom is -0.501 e. The Hall–Kier alpha value is -1.13. The molecule has 0 N–H and O–H groups in total. The van der Waals surface area contributed by atoms with Crippen LogP contribution in [0.1, 0.15) is 22.5 Å². The van der Waals surface area contributed by atoms with Crippen LogP contribution in [-0.4, -0.2) is 12.4 Å². The van der Waals surface area contributed by atoms with Gasteiger partial charge in [-0.15, -0.1) is 22.7 Å². The minimum absolute atomic E-state index is 0.133. The maximum atomic E-state index is 12.1. The summed E-state index contributed by atoms with van der Waals surface area (Å²) in [5.74, 6) is 0.133. The van der Waals surface area contributed by atoms with Crippen LogP contribution >= 0.6 is 22.7 Å². The first-order chi connectivity index (χ1) is 7.84.